The molecule has 3 N–H and O–H groups in total. The molecule has 0 heterocycles. The predicted molar refractivity (Wildman–Crippen MR) is 77.6 cm³/mol. The SMILES string of the molecule is CN(C)CC(C)(C)CNC(=O)C(N)CCS(C)(=O)=O. The van der Waals surface area contributed by atoms with Crippen LogP contribution in [0.1, 0.15) is 20.3 Å². The maximum absolute atomic E-state index is 11.7. The first kappa shape index (κ1) is 18.3. The highest BCUT2D eigenvalue weighted by molar-refractivity contribution is 7.90. The van der Waals surface area contributed by atoms with Crippen molar-refractivity contribution in [2.75, 3.05) is 39.2 Å². The lowest BCUT2D eigenvalue weighted by atomic mass is 9.93. The minimum Gasteiger partial charge on any atom is -0.354 e. The number of nitrogens with one attached hydrogen (secondary N) is 1. The fraction of sp³-hybridized carbons (Fsp3) is 0.917. The molecule has 0 aromatic carbocycles. The Morgan fingerprint density at radius 1 is 1.37 bits per heavy atom. The number of nitrogens with two attached hydrogens (primary N) is 1. The van der Waals surface area contributed by atoms with E-state index in [2.05, 4.69) is 24.1 Å². The molecular weight excluding hydrogens is 266 g/mol. The van der Waals surface area contributed by atoms with E-state index in [9.17, 15) is 13.2 Å². The number of sulfone groups is 1. The van der Waals surface area contributed by atoms with E-state index in [0.29, 0.717) is 6.54 Å². The standard InChI is InChI=1S/C12H27N3O3S/c1-12(2,9-15(3)4)8-14-11(16)10(13)6-7-19(5,17)18/h10H,6-9,13H2,1-5H3,(H,14,16). The van der Waals surface area contributed by atoms with Gasteiger partial charge in [-0.3, -0.25) is 4.79 Å². The molecule has 0 aliphatic heterocycles. The van der Waals surface area contributed by atoms with Crippen LogP contribution in [0.5, 0.6) is 0 Å². The Hall–Kier alpha value is -0.660. The third-order valence-corrected chi connectivity index (χ3v) is 3.60. The largest absolute Gasteiger partial charge is 0.354 e. The number of amides is 1. The minimum absolute atomic E-state index is 0.0598. The van der Waals surface area contributed by atoms with Gasteiger partial charge in [0.1, 0.15) is 9.84 Å². The Kier molecular flexibility index (Phi) is 6.96. The van der Waals surface area contributed by atoms with E-state index in [1.807, 2.05) is 14.1 Å². The molecule has 0 aliphatic rings. The zero-order valence-electron chi connectivity index (χ0n) is 12.6. The van der Waals surface area contributed by atoms with E-state index >= 15 is 0 Å². The molecular formula is C12H27N3O3S. The highest BCUT2D eigenvalue weighted by Crippen LogP contribution is 2.14. The quantitative estimate of drug-likeness (QED) is 0.626. The van der Waals surface area contributed by atoms with Crippen molar-refractivity contribution < 1.29 is 13.2 Å². The van der Waals surface area contributed by atoms with E-state index in [4.69, 9.17) is 5.73 Å². The van der Waals surface area contributed by atoms with Crippen molar-refractivity contribution in [2.45, 2.75) is 26.3 Å². The summed E-state index contributed by atoms with van der Waals surface area (Å²) in [7, 11) is 0.869. The fourth-order valence-corrected chi connectivity index (χ4v) is 2.52. The average Bonchev–Trinajstić information content (AvgIpc) is 2.19. The summed E-state index contributed by atoms with van der Waals surface area (Å²) in [4.78, 5) is 13.8. The van der Waals surface area contributed by atoms with Crippen molar-refractivity contribution in [3.8, 4) is 0 Å². The van der Waals surface area contributed by atoms with Crippen LogP contribution in [0.15, 0.2) is 0 Å². The molecule has 6 nitrogen and oxygen atoms in total. The minimum atomic E-state index is -3.08. The van der Waals surface area contributed by atoms with Crippen LogP contribution in [-0.4, -0.2) is 64.5 Å². The molecule has 0 aliphatic carbocycles. The van der Waals surface area contributed by atoms with Crippen LogP contribution in [0.3, 0.4) is 0 Å². The van der Waals surface area contributed by atoms with Gasteiger partial charge >= 0.3 is 0 Å². The highest BCUT2D eigenvalue weighted by Gasteiger charge is 2.22. The molecule has 0 spiro atoms. The molecule has 1 unspecified atom stereocenters. The summed E-state index contributed by atoms with van der Waals surface area (Å²) in [5, 5.41) is 2.78. The molecule has 1 atom stereocenters. The first-order valence-electron chi connectivity index (χ1n) is 6.29. The van der Waals surface area contributed by atoms with Crippen molar-refractivity contribution in [1.82, 2.24) is 10.2 Å². The Balaban J connectivity index is 4.17. The predicted octanol–water partition coefficient (Wildman–Crippen LogP) is -0.548. The topological polar surface area (TPSA) is 92.5 Å². The number of carbonyl (C=O) groups excluding carboxylic acids is 1. The van der Waals surface area contributed by atoms with Crippen LogP contribution < -0.4 is 11.1 Å². The number of hydrogen-bond donors (Lipinski definition) is 2. The lowest BCUT2D eigenvalue weighted by molar-refractivity contribution is -0.122. The van der Waals surface area contributed by atoms with Crippen LogP contribution in [0.4, 0.5) is 0 Å². The van der Waals surface area contributed by atoms with E-state index in [-0.39, 0.29) is 23.5 Å². The summed E-state index contributed by atoms with van der Waals surface area (Å²) in [6, 6.07) is -0.773. The van der Waals surface area contributed by atoms with Gasteiger partial charge in [0.15, 0.2) is 0 Å². The lowest BCUT2D eigenvalue weighted by Crippen LogP contribution is -2.46. The number of rotatable bonds is 8. The van der Waals surface area contributed by atoms with E-state index in [1.165, 1.54) is 0 Å². The monoisotopic (exact) mass is 293 g/mol. The van der Waals surface area contributed by atoms with Crippen LogP contribution in [0.25, 0.3) is 0 Å². The first-order chi connectivity index (χ1) is 8.43. The Bertz CT molecular complexity index is 391. The number of carbonyl (C=O) groups is 1. The third kappa shape index (κ3) is 9.86. The maximum atomic E-state index is 11.7. The maximum Gasteiger partial charge on any atom is 0.236 e. The van der Waals surface area contributed by atoms with Crippen LogP contribution in [0, 0.1) is 5.41 Å². The smallest absolute Gasteiger partial charge is 0.236 e. The highest BCUT2D eigenvalue weighted by atomic mass is 32.2. The summed E-state index contributed by atoms with van der Waals surface area (Å²) in [6.45, 7) is 5.45. The van der Waals surface area contributed by atoms with Gasteiger partial charge in [-0.15, -0.1) is 0 Å². The molecule has 1 amide bonds. The lowest BCUT2D eigenvalue weighted by Gasteiger charge is -2.29. The van der Waals surface area contributed by atoms with E-state index in [1.54, 1.807) is 0 Å². The zero-order chi connectivity index (χ0) is 15.3. The Morgan fingerprint density at radius 3 is 2.32 bits per heavy atom. The molecule has 7 heteroatoms. The van der Waals surface area contributed by atoms with Gasteiger partial charge in [0.25, 0.3) is 0 Å². The van der Waals surface area contributed by atoms with Crippen LogP contribution in [-0.2, 0) is 14.6 Å². The molecule has 0 aromatic heterocycles. The van der Waals surface area contributed by atoms with Crippen molar-refractivity contribution >= 4 is 15.7 Å². The third-order valence-electron chi connectivity index (χ3n) is 2.62. The summed E-state index contributed by atoms with van der Waals surface area (Å²) in [5.41, 5.74) is 5.61. The second-order valence-corrected chi connectivity index (χ2v) is 8.40. The van der Waals surface area contributed by atoms with Gasteiger partial charge in [0.05, 0.1) is 11.8 Å². The van der Waals surface area contributed by atoms with Crippen LogP contribution in [0.2, 0.25) is 0 Å². The summed E-state index contributed by atoms with van der Waals surface area (Å²) in [5.74, 6) is -0.363. The first-order valence-corrected chi connectivity index (χ1v) is 8.35. The molecule has 0 saturated carbocycles. The van der Waals surface area contributed by atoms with Crippen molar-refractivity contribution in [1.29, 1.82) is 0 Å². The molecule has 0 radical (unpaired) electrons. The molecule has 19 heavy (non-hydrogen) atoms. The van der Waals surface area contributed by atoms with Gasteiger partial charge in [0.2, 0.25) is 5.91 Å². The molecule has 0 aromatic rings. The Morgan fingerprint density at radius 2 is 1.89 bits per heavy atom. The van der Waals surface area contributed by atoms with Gasteiger partial charge < -0.3 is 16.0 Å². The Labute approximate surface area is 116 Å². The van der Waals surface area contributed by atoms with Gasteiger partial charge in [-0.2, -0.15) is 0 Å². The van der Waals surface area contributed by atoms with Gasteiger partial charge in [-0.05, 0) is 25.9 Å². The molecule has 0 fully saturated rings. The summed E-state index contributed by atoms with van der Waals surface area (Å²) in [6.07, 6.45) is 1.29. The van der Waals surface area contributed by atoms with Gasteiger partial charge in [-0.1, -0.05) is 13.8 Å². The fourth-order valence-electron chi connectivity index (χ4n) is 1.84. The second kappa shape index (κ2) is 7.21. The molecule has 0 saturated heterocycles. The van der Waals surface area contributed by atoms with Crippen molar-refractivity contribution in [2.24, 2.45) is 11.1 Å². The van der Waals surface area contributed by atoms with Gasteiger partial charge in [0, 0.05) is 19.3 Å². The second-order valence-electron chi connectivity index (χ2n) is 6.14. The average molecular weight is 293 g/mol. The summed E-state index contributed by atoms with van der Waals surface area (Å²) < 4.78 is 22.0. The van der Waals surface area contributed by atoms with E-state index in [0.717, 1.165) is 12.8 Å². The molecule has 0 rings (SSSR count). The van der Waals surface area contributed by atoms with E-state index < -0.39 is 15.9 Å². The number of hydrogen-bond acceptors (Lipinski definition) is 5. The van der Waals surface area contributed by atoms with Crippen LogP contribution >= 0.6 is 0 Å². The molecule has 0 bridgehead atoms. The zero-order valence-corrected chi connectivity index (χ0v) is 13.4. The van der Waals surface area contributed by atoms with Gasteiger partial charge in [-0.25, -0.2) is 8.42 Å². The molecule has 114 valence electrons. The van der Waals surface area contributed by atoms with Crippen molar-refractivity contribution in [3.05, 3.63) is 0 Å². The normalized spacial score (nSPS) is 14.5. The number of nitrogens with zero attached hydrogens (tertiary/aromatic N) is 1. The van der Waals surface area contributed by atoms with Crippen molar-refractivity contribution in [3.63, 3.8) is 0 Å². The summed E-state index contributed by atoms with van der Waals surface area (Å²) >= 11 is 0.